The number of aliphatic hydroxyl groups is 1. The van der Waals surface area contributed by atoms with E-state index in [2.05, 4.69) is 10.1 Å². The Morgan fingerprint density at radius 2 is 2.27 bits per heavy atom. The van der Waals surface area contributed by atoms with E-state index in [0.29, 0.717) is 5.69 Å². The molecule has 0 amide bonds. The molecule has 0 bridgehead atoms. The Labute approximate surface area is 86.0 Å². The van der Waals surface area contributed by atoms with Crippen LogP contribution in [0.1, 0.15) is 18.6 Å². The molecule has 0 aliphatic rings. The van der Waals surface area contributed by atoms with Crippen LogP contribution in [0.15, 0.2) is 30.9 Å². The van der Waals surface area contributed by atoms with E-state index < -0.39 is 11.9 Å². The maximum absolute atomic E-state index is 13.5. The first-order chi connectivity index (χ1) is 7.20. The van der Waals surface area contributed by atoms with E-state index >= 15 is 0 Å². The molecule has 1 aromatic carbocycles. The normalized spacial score (nSPS) is 12.7. The van der Waals surface area contributed by atoms with Gasteiger partial charge in [0.15, 0.2) is 0 Å². The maximum Gasteiger partial charge on any atom is 0.138 e. The molecule has 0 radical (unpaired) electrons. The summed E-state index contributed by atoms with van der Waals surface area (Å²) in [6.07, 6.45) is 1.93. The minimum Gasteiger partial charge on any atom is -0.389 e. The fraction of sp³-hybridized carbons (Fsp3) is 0.200. The summed E-state index contributed by atoms with van der Waals surface area (Å²) in [5.41, 5.74) is 0.727. The van der Waals surface area contributed by atoms with Gasteiger partial charge in [-0.25, -0.2) is 14.1 Å². The third kappa shape index (κ3) is 1.73. The first-order valence-corrected chi connectivity index (χ1v) is 4.51. The second kappa shape index (κ2) is 3.78. The number of halogens is 1. The molecular formula is C10H10FN3O. The highest BCUT2D eigenvalue weighted by atomic mass is 19.1. The number of hydrogen-bond donors (Lipinski definition) is 1. The first kappa shape index (κ1) is 9.79. The molecule has 1 heterocycles. The Bertz CT molecular complexity index is 454. The molecule has 0 aliphatic heterocycles. The molecule has 4 nitrogen and oxygen atoms in total. The minimum absolute atomic E-state index is 0.225. The first-order valence-electron chi connectivity index (χ1n) is 4.51. The van der Waals surface area contributed by atoms with Crippen LogP contribution in [0.3, 0.4) is 0 Å². The van der Waals surface area contributed by atoms with Gasteiger partial charge in [0, 0.05) is 5.56 Å². The van der Waals surface area contributed by atoms with Gasteiger partial charge in [-0.2, -0.15) is 5.10 Å². The van der Waals surface area contributed by atoms with Crippen molar-refractivity contribution in [3.63, 3.8) is 0 Å². The maximum atomic E-state index is 13.5. The van der Waals surface area contributed by atoms with Gasteiger partial charge < -0.3 is 5.11 Å². The molecule has 2 rings (SSSR count). The average Bonchev–Trinajstić information content (AvgIpc) is 2.69. The highest BCUT2D eigenvalue weighted by molar-refractivity contribution is 5.42. The van der Waals surface area contributed by atoms with Crippen LogP contribution in [0.5, 0.6) is 0 Å². The number of rotatable bonds is 2. The van der Waals surface area contributed by atoms with E-state index in [1.54, 1.807) is 12.1 Å². The van der Waals surface area contributed by atoms with Crippen molar-refractivity contribution in [2.24, 2.45) is 0 Å². The van der Waals surface area contributed by atoms with Crippen molar-refractivity contribution in [2.75, 3.05) is 0 Å². The molecule has 15 heavy (non-hydrogen) atoms. The predicted octanol–water partition coefficient (Wildman–Crippen LogP) is 1.46. The van der Waals surface area contributed by atoms with Crippen LogP contribution in [0.4, 0.5) is 4.39 Å². The van der Waals surface area contributed by atoms with Gasteiger partial charge in [0.2, 0.25) is 0 Å². The van der Waals surface area contributed by atoms with Crippen LogP contribution in [0, 0.1) is 5.82 Å². The van der Waals surface area contributed by atoms with Crippen LogP contribution in [-0.2, 0) is 0 Å². The predicted molar refractivity (Wildman–Crippen MR) is 52.0 cm³/mol. The number of aromatic nitrogens is 3. The average molecular weight is 207 g/mol. The van der Waals surface area contributed by atoms with Crippen molar-refractivity contribution in [1.82, 2.24) is 14.8 Å². The molecule has 1 aromatic heterocycles. The second-order valence-corrected chi connectivity index (χ2v) is 3.19. The fourth-order valence-corrected chi connectivity index (χ4v) is 1.47. The van der Waals surface area contributed by atoms with Crippen molar-refractivity contribution in [2.45, 2.75) is 13.0 Å². The van der Waals surface area contributed by atoms with E-state index in [-0.39, 0.29) is 5.56 Å². The number of nitrogens with zero attached hydrogens (tertiary/aromatic N) is 3. The lowest BCUT2D eigenvalue weighted by molar-refractivity contribution is 0.194. The summed E-state index contributed by atoms with van der Waals surface area (Å²) in [4.78, 5) is 3.78. The lowest BCUT2D eigenvalue weighted by Gasteiger charge is -2.12. The summed E-state index contributed by atoms with van der Waals surface area (Å²) in [6, 6.07) is 4.56. The number of hydrogen-bond acceptors (Lipinski definition) is 3. The molecule has 1 N–H and O–H groups in total. The van der Waals surface area contributed by atoms with Gasteiger partial charge >= 0.3 is 0 Å². The fourth-order valence-electron chi connectivity index (χ4n) is 1.47. The molecule has 0 saturated heterocycles. The summed E-state index contributed by atoms with van der Waals surface area (Å²) in [7, 11) is 0. The van der Waals surface area contributed by atoms with Gasteiger partial charge in [-0.3, -0.25) is 0 Å². The second-order valence-electron chi connectivity index (χ2n) is 3.19. The Hall–Kier alpha value is -1.75. The lowest BCUT2D eigenvalue weighted by atomic mass is 10.1. The number of aliphatic hydroxyl groups excluding tert-OH is 1. The van der Waals surface area contributed by atoms with Gasteiger partial charge in [0.25, 0.3) is 0 Å². The monoisotopic (exact) mass is 207 g/mol. The third-order valence-corrected chi connectivity index (χ3v) is 2.11. The zero-order valence-electron chi connectivity index (χ0n) is 8.13. The lowest BCUT2D eigenvalue weighted by Crippen LogP contribution is -2.05. The van der Waals surface area contributed by atoms with Gasteiger partial charge in [0.1, 0.15) is 18.5 Å². The van der Waals surface area contributed by atoms with Gasteiger partial charge in [-0.05, 0) is 19.1 Å². The van der Waals surface area contributed by atoms with Crippen molar-refractivity contribution >= 4 is 0 Å². The van der Waals surface area contributed by atoms with Crippen LogP contribution >= 0.6 is 0 Å². The molecule has 0 unspecified atom stereocenters. The van der Waals surface area contributed by atoms with Gasteiger partial charge in [-0.1, -0.05) is 6.07 Å². The highest BCUT2D eigenvalue weighted by Gasteiger charge is 2.14. The van der Waals surface area contributed by atoms with Crippen LogP contribution in [0.2, 0.25) is 0 Å². The quantitative estimate of drug-likeness (QED) is 0.811. The molecule has 0 spiro atoms. The molecule has 78 valence electrons. The van der Waals surface area contributed by atoms with Crippen molar-refractivity contribution in [3.05, 3.63) is 42.2 Å². The summed E-state index contributed by atoms with van der Waals surface area (Å²) in [5.74, 6) is -0.446. The Morgan fingerprint density at radius 3 is 2.87 bits per heavy atom. The van der Waals surface area contributed by atoms with E-state index in [0.717, 1.165) is 0 Å². The standard InChI is InChI=1S/C10H10FN3O/c1-7(15)10-8(11)3-2-4-9(10)14-6-12-5-13-14/h2-7,15H,1H3/t7-/m0/s1. The van der Waals surface area contributed by atoms with Crippen LogP contribution in [-0.4, -0.2) is 19.9 Å². The Balaban J connectivity index is 2.61. The van der Waals surface area contributed by atoms with E-state index in [1.165, 1.54) is 30.3 Å². The topological polar surface area (TPSA) is 50.9 Å². The van der Waals surface area contributed by atoms with Crippen molar-refractivity contribution in [3.8, 4) is 5.69 Å². The molecule has 1 atom stereocenters. The largest absolute Gasteiger partial charge is 0.389 e. The van der Waals surface area contributed by atoms with Crippen LogP contribution in [0.25, 0.3) is 5.69 Å². The zero-order valence-corrected chi connectivity index (χ0v) is 8.13. The Morgan fingerprint density at radius 1 is 1.47 bits per heavy atom. The molecule has 0 fully saturated rings. The van der Waals surface area contributed by atoms with Crippen molar-refractivity contribution in [1.29, 1.82) is 0 Å². The third-order valence-electron chi connectivity index (χ3n) is 2.11. The SMILES string of the molecule is C[C@H](O)c1c(F)cccc1-n1cncn1. The van der Waals surface area contributed by atoms with Crippen molar-refractivity contribution < 1.29 is 9.50 Å². The smallest absolute Gasteiger partial charge is 0.138 e. The molecule has 0 saturated carbocycles. The molecular weight excluding hydrogens is 197 g/mol. The zero-order chi connectivity index (χ0) is 10.8. The summed E-state index contributed by atoms with van der Waals surface area (Å²) in [6.45, 7) is 1.51. The van der Waals surface area contributed by atoms with E-state index in [9.17, 15) is 9.50 Å². The summed E-state index contributed by atoms with van der Waals surface area (Å²) < 4.78 is 14.9. The van der Waals surface area contributed by atoms with Crippen LogP contribution < -0.4 is 0 Å². The summed E-state index contributed by atoms with van der Waals surface area (Å²) in [5, 5.41) is 13.4. The molecule has 0 aliphatic carbocycles. The molecule has 5 heteroatoms. The van der Waals surface area contributed by atoms with Gasteiger partial charge in [-0.15, -0.1) is 0 Å². The highest BCUT2D eigenvalue weighted by Crippen LogP contribution is 2.23. The van der Waals surface area contributed by atoms with Gasteiger partial charge in [0.05, 0.1) is 11.8 Å². The van der Waals surface area contributed by atoms with E-state index in [1.807, 2.05) is 0 Å². The summed E-state index contributed by atoms with van der Waals surface area (Å²) >= 11 is 0. The molecule has 2 aromatic rings. The number of benzene rings is 1. The minimum atomic E-state index is -0.884. The van der Waals surface area contributed by atoms with E-state index in [4.69, 9.17) is 0 Å². The Kier molecular flexibility index (Phi) is 2.47.